The van der Waals surface area contributed by atoms with Gasteiger partial charge in [0.25, 0.3) is 0 Å². The largest absolute Gasteiger partial charge is 0.462 e. The molecule has 0 bridgehead atoms. The van der Waals surface area contributed by atoms with E-state index in [9.17, 15) is 23.1 Å². The normalized spacial score (nSPS) is 14.8. The van der Waals surface area contributed by atoms with Crippen LogP contribution in [0.2, 0.25) is 0 Å². The zero-order valence-electron chi connectivity index (χ0n) is 13.3. The molecule has 0 atom stereocenters. The number of aliphatic hydroxyl groups is 1. The number of carbonyl (C=O) groups excluding carboxylic acids is 1. The first-order valence-electron chi connectivity index (χ1n) is 6.85. The van der Waals surface area contributed by atoms with Crippen LogP contribution in [0.15, 0.2) is 6.20 Å². The number of aromatic nitrogens is 2. The lowest BCUT2D eigenvalue weighted by molar-refractivity contribution is -0.145. The molecule has 8 heteroatoms. The minimum Gasteiger partial charge on any atom is -0.462 e. The molecule has 0 amide bonds. The molecule has 0 aliphatic rings. The molecule has 0 aromatic carbocycles. The van der Waals surface area contributed by atoms with Crippen LogP contribution in [0.1, 0.15) is 46.0 Å². The summed E-state index contributed by atoms with van der Waals surface area (Å²) in [6, 6.07) is 0. The lowest BCUT2D eigenvalue weighted by Crippen LogP contribution is -2.24. The Balaban J connectivity index is 3.41. The SMILES string of the molecule is [2H]C([2H])(CC(C)(C)O)n1ncc(C(=O)OCC)c1C(F)(F)F. The summed E-state index contributed by atoms with van der Waals surface area (Å²) in [4.78, 5) is 11.6. The topological polar surface area (TPSA) is 64.3 Å². The van der Waals surface area contributed by atoms with Crippen LogP contribution in [0.5, 0.6) is 0 Å². The highest BCUT2D eigenvalue weighted by Crippen LogP contribution is 2.32. The molecule has 0 aliphatic carbocycles. The van der Waals surface area contributed by atoms with Crippen LogP contribution in [0.4, 0.5) is 13.2 Å². The molecule has 5 nitrogen and oxygen atoms in total. The molecule has 1 N–H and O–H groups in total. The van der Waals surface area contributed by atoms with Crippen LogP contribution in [-0.2, 0) is 17.4 Å². The van der Waals surface area contributed by atoms with Crippen molar-refractivity contribution in [1.82, 2.24) is 9.78 Å². The molecule has 0 saturated carbocycles. The van der Waals surface area contributed by atoms with Gasteiger partial charge in [0, 0.05) is 6.50 Å². The zero-order chi connectivity index (χ0) is 17.3. The van der Waals surface area contributed by atoms with Crippen LogP contribution in [0.25, 0.3) is 0 Å². The van der Waals surface area contributed by atoms with Gasteiger partial charge in [-0.25, -0.2) is 4.79 Å². The molecule has 0 fully saturated rings. The van der Waals surface area contributed by atoms with Gasteiger partial charge in [-0.05, 0) is 27.2 Å². The third-order valence-corrected chi connectivity index (χ3v) is 2.19. The molecule has 1 rings (SSSR count). The van der Waals surface area contributed by atoms with Crippen molar-refractivity contribution < 1.29 is 30.6 Å². The Morgan fingerprint density at radius 2 is 2.15 bits per heavy atom. The summed E-state index contributed by atoms with van der Waals surface area (Å²) in [5.41, 5.74) is -3.98. The van der Waals surface area contributed by atoms with Crippen molar-refractivity contribution in [3.05, 3.63) is 17.5 Å². The van der Waals surface area contributed by atoms with E-state index in [0.29, 0.717) is 6.20 Å². The average Bonchev–Trinajstić information content (AvgIpc) is 2.70. The monoisotopic (exact) mass is 296 g/mol. The maximum absolute atomic E-state index is 13.2. The number of alkyl halides is 3. The molecule has 114 valence electrons. The number of rotatable bonds is 5. The van der Waals surface area contributed by atoms with E-state index in [2.05, 4.69) is 9.84 Å². The summed E-state index contributed by atoms with van der Waals surface area (Å²) >= 11 is 0. The van der Waals surface area contributed by atoms with Crippen LogP contribution >= 0.6 is 0 Å². The van der Waals surface area contributed by atoms with E-state index in [4.69, 9.17) is 2.74 Å². The van der Waals surface area contributed by atoms with Crippen molar-refractivity contribution in [2.45, 2.75) is 45.5 Å². The summed E-state index contributed by atoms with van der Waals surface area (Å²) in [6.45, 7) is 1.18. The summed E-state index contributed by atoms with van der Waals surface area (Å²) in [5.74, 6) is -1.24. The quantitative estimate of drug-likeness (QED) is 0.846. The number of ether oxygens (including phenoxy) is 1. The standard InChI is InChI=1S/C12H17F3N2O3/c1-4-20-10(18)8-7-16-17(6-5-11(2,3)19)9(8)12(13,14)15/h7,19H,4-6H2,1-3H3/i6D2. The Kier molecular flexibility index (Phi) is 3.90. The molecule has 1 heterocycles. The van der Waals surface area contributed by atoms with Crippen LogP contribution in [0, 0.1) is 0 Å². The third-order valence-electron chi connectivity index (χ3n) is 2.19. The van der Waals surface area contributed by atoms with E-state index >= 15 is 0 Å². The molecule has 0 unspecified atom stereocenters. The highest BCUT2D eigenvalue weighted by molar-refractivity contribution is 5.90. The number of esters is 1. The van der Waals surface area contributed by atoms with Crippen molar-refractivity contribution in [3.63, 3.8) is 0 Å². The fourth-order valence-electron chi connectivity index (χ4n) is 1.37. The van der Waals surface area contributed by atoms with E-state index < -0.39 is 41.9 Å². The second kappa shape index (κ2) is 5.82. The van der Waals surface area contributed by atoms with E-state index in [0.717, 1.165) is 0 Å². The number of hydrogen-bond acceptors (Lipinski definition) is 4. The van der Waals surface area contributed by atoms with Gasteiger partial charge >= 0.3 is 12.1 Å². The summed E-state index contributed by atoms with van der Waals surface area (Å²) in [6.07, 6.45) is -5.04. The van der Waals surface area contributed by atoms with E-state index in [1.54, 1.807) is 0 Å². The van der Waals surface area contributed by atoms with Crippen molar-refractivity contribution in [2.24, 2.45) is 0 Å². The van der Waals surface area contributed by atoms with Gasteiger partial charge in [-0.1, -0.05) is 0 Å². The number of halogens is 3. The third kappa shape index (κ3) is 4.22. The van der Waals surface area contributed by atoms with Gasteiger partial charge in [0.05, 0.1) is 21.1 Å². The average molecular weight is 296 g/mol. The van der Waals surface area contributed by atoms with Crippen LogP contribution in [-0.4, -0.2) is 33.1 Å². The Labute approximate surface area is 117 Å². The minimum atomic E-state index is -5.01. The van der Waals surface area contributed by atoms with Gasteiger partial charge in [0.15, 0.2) is 5.69 Å². The number of carbonyl (C=O) groups is 1. The molecule has 0 aliphatic heterocycles. The molecule has 1 aromatic rings. The molecule has 0 spiro atoms. The van der Waals surface area contributed by atoms with Crippen molar-refractivity contribution in [2.75, 3.05) is 6.61 Å². The number of aryl methyl sites for hydroxylation is 1. The first kappa shape index (κ1) is 13.4. The predicted octanol–water partition coefficient (Wildman–Crippen LogP) is 2.24. The Bertz CT molecular complexity index is 551. The van der Waals surface area contributed by atoms with Crippen molar-refractivity contribution in [3.8, 4) is 0 Å². The van der Waals surface area contributed by atoms with Crippen molar-refractivity contribution >= 4 is 5.97 Å². The van der Waals surface area contributed by atoms with Crippen LogP contribution < -0.4 is 0 Å². The minimum absolute atomic E-state index is 0.0667. The second-order valence-electron chi connectivity index (χ2n) is 4.68. The Morgan fingerprint density at radius 1 is 1.55 bits per heavy atom. The second-order valence-corrected chi connectivity index (χ2v) is 4.68. The summed E-state index contributed by atoms with van der Waals surface area (Å²) in [7, 11) is 0. The fraction of sp³-hybridized carbons (Fsp3) is 0.667. The van der Waals surface area contributed by atoms with E-state index in [1.165, 1.54) is 20.8 Å². The van der Waals surface area contributed by atoms with Gasteiger partial charge in [-0.2, -0.15) is 18.3 Å². The maximum Gasteiger partial charge on any atom is 0.433 e. The molecule has 0 saturated heterocycles. The first-order valence-corrected chi connectivity index (χ1v) is 5.85. The van der Waals surface area contributed by atoms with E-state index in [1.807, 2.05) is 0 Å². The highest BCUT2D eigenvalue weighted by Gasteiger charge is 2.40. The molecular weight excluding hydrogens is 277 g/mol. The van der Waals surface area contributed by atoms with Gasteiger partial charge in [-0.15, -0.1) is 0 Å². The van der Waals surface area contributed by atoms with Crippen LogP contribution in [0.3, 0.4) is 0 Å². The lowest BCUT2D eigenvalue weighted by atomic mass is 10.1. The Morgan fingerprint density at radius 3 is 2.60 bits per heavy atom. The van der Waals surface area contributed by atoms with Gasteiger partial charge in [0.1, 0.15) is 5.56 Å². The molecule has 20 heavy (non-hydrogen) atoms. The van der Waals surface area contributed by atoms with Gasteiger partial charge in [-0.3, -0.25) is 4.68 Å². The number of nitrogens with zero attached hydrogens (tertiary/aromatic N) is 2. The Hall–Kier alpha value is -1.57. The lowest BCUT2D eigenvalue weighted by Gasteiger charge is -2.18. The maximum atomic E-state index is 13.2. The predicted molar refractivity (Wildman–Crippen MR) is 64.1 cm³/mol. The molecule has 0 radical (unpaired) electrons. The molecular formula is C12H17F3N2O3. The smallest absolute Gasteiger partial charge is 0.433 e. The molecule has 1 aromatic heterocycles. The summed E-state index contributed by atoms with van der Waals surface area (Å²) in [5, 5.41) is 13.0. The zero-order valence-corrected chi connectivity index (χ0v) is 11.3. The number of hydrogen-bond donors (Lipinski definition) is 1. The highest BCUT2D eigenvalue weighted by atomic mass is 19.4. The van der Waals surface area contributed by atoms with E-state index in [-0.39, 0.29) is 11.3 Å². The summed E-state index contributed by atoms with van der Waals surface area (Å²) < 4.78 is 59.7. The fourth-order valence-corrected chi connectivity index (χ4v) is 1.37. The van der Waals surface area contributed by atoms with Gasteiger partial charge < -0.3 is 9.84 Å². The first-order chi connectivity index (χ1) is 9.79. The van der Waals surface area contributed by atoms with Crippen molar-refractivity contribution in [1.29, 1.82) is 0 Å². The van der Waals surface area contributed by atoms with Gasteiger partial charge in [0.2, 0.25) is 0 Å².